The van der Waals surface area contributed by atoms with Crippen LogP contribution in [0.2, 0.25) is 0 Å². The average Bonchev–Trinajstić information content (AvgIpc) is 3.43. The molecule has 1 atom stereocenters. The van der Waals surface area contributed by atoms with Crippen molar-refractivity contribution in [3.8, 4) is 22.6 Å². The van der Waals surface area contributed by atoms with Gasteiger partial charge in [0.1, 0.15) is 11.5 Å². The van der Waals surface area contributed by atoms with Crippen LogP contribution in [0, 0.1) is 0 Å². The number of imidazole rings is 1. The molecule has 0 saturated heterocycles. The number of nitrogens with zero attached hydrogens (tertiary/aromatic N) is 2. The van der Waals surface area contributed by atoms with Crippen molar-refractivity contribution in [2.75, 3.05) is 19.0 Å². The molecule has 0 saturated carbocycles. The van der Waals surface area contributed by atoms with Gasteiger partial charge in [-0.3, -0.25) is 9.00 Å². The van der Waals surface area contributed by atoms with Gasteiger partial charge in [0.15, 0.2) is 0 Å². The number of carbonyl (C=O) groups excluding carboxylic acids is 1. The lowest BCUT2D eigenvalue weighted by Crippen LogP contribution is -2.08. The van der Waals surface area contributed by atoms with E-state index < -0.39 is 10.8 Å². The second-order valence-electron chi connectivity index (χ2n) is 9.60. The summed E-state index contributed by atoms with van der Waals surface area (Å²) < 4.78 is 26.2. The molecule has 214 valence electrons. The highest BCUT2D eigenvalue weighted by molar-refractivity contribution is 7.84. The van der Waals surface area contributed by atoms with Crippen LogP contribution >= 0.6 is 0 Å². The van der Waals surface area contributed by atoms with Crippen molar-refractivity contribution in [1.29, 1.82) is 0 Å². The van der Waals surface area contributed by atoms with Gasteiger partial charge in [0, 0.05) is 35.0 Å². The highest BCUT2D eigenvalue weighted by Crippen LogP contribution is 2.29. The minimum Gasteiger partial charge on any atom is -0.496 e. The predicted molar refractivity (Wildman–Crippen MR) is 166 cm³/mol. The third kappa shape index (κ3) is 8.41. The first-order valence-corrected chi connectivity index (χ1v) is 15.2. The van der Waals surface area contributed by atoms with Crippen molar-refractivity contribution in [3.63, 3.8) is 0 Å². The van der Waals surface area contributed by atoms with Gasteiger partial charge in [0.05, 0.1) is 42.3 Å². The molecule has 0 spiro atoms. The third-order valence-corrected chi connectivity index (χ3v) is 7.88. The molecule has 41 heavy (non-hydrogen) atoms. The Morgan fingerprint density at radius 1 is 1.00 bits per heavy atom. The van der Waals surface area contributed by atoms with E-state index in [0.29, 0.717) is 28.7 Å². The first-order chi connectivity index (χ1) is 20.0. The van der Waals surface area contributed by atoms with Gasteiger partial charge in [-0.2, -0.15) is 0 Å². The number of nitrogens with one attached hydrogen (secondary N) is 1. The molecule has 4 aromatic rings. The second-order valence-corrected chi connectivity index (χ2v) is 11.0. The summed E-state index contributed by atoms with van der Waals surface area (Å²) in [6.45, 7) is 5.80. The van der Waals surface area contributed by atoms with Gasteiger partial charge < -0.3 is 19.4 Å². The number of aryl methyl sites for hydroxylation is 1. The van der Waals surface area contributed by atoms with Crippen molar-refractivity contribution in [2.24, 2.45) is 0 Å². The molecule has 0 fully saturated rings. The first-order valence-electron chi connectivity index (χ1n) is 13.9. The molecule has 1 amide bonds. The van der Waals surface area contributed by atoms with Crippen LogP contribution in [0.5, 0.6) is 11.5 Å². The van der Waals surface area contributed by atoms with Gasteiger partial charge >= 0.3 is 0 Å². The van der Waals surface area contributed by atoms with Crippen LogP contribution in [-0.2, 0) is 27.9 Å². The Balaban J connectivity index is 1.38. The number of amides is 1. The van der Waals surface area contributed by atoms with E-state index in [-0.39, 0.29) is 5.91 Å². The van der Waals surface area contributed by atoms with Crippen LogP contribution in [0.4, 0.5) is 5.69 Å². The monoisotopic (exact) mass is 571 g/mol. The van der Waals surface area contributed by atoms with E-state index in [0.717, 1.165) is 53.9 Å². The van der Waals surface area contributed by atoms with Gasteiger partial charge in [0.2, 0.25) is 5.91 Å². The van der Waals surface area contributed by atoms with Gasteiger partial charge in [0.25, 0.3) is 0 Å². The number of carbonyl (C=O) groups is 1. The Morgan fingerprint density at radius 3 is 2.46 bits per heavy atom. The summed E-state index contributed by atoms with van der Waals surface area (Å²) in [4.78, 5) is 17.6. The fraction of sp³-hybridized carbons (Fsp3) is 0.273. The van der Waals surface area contributed by atoms with Crippen molar-refractivity contribution in [3.05, 3.63) is 96.6 Å². The van der Waals surface area contributed by atoms with Crippen LogP contribution in [0.15, 0.2) is 90.2 Å². The molecule has 8 heteroatoms. The Morgan fingerprint density at radius 2 is 1.76 bits per heavy atom. The highest BCUT2D eigenvalue weighted by Gasteiger charge is 2.10. The van der Waals surface area contributed by atoms with Crippen LogP contribution in [-0.4, -0.2) is 33.4 Å². The average molecular weight is 572 g/mol. The summed E-state index contributed by atoms with van der Waals surface area (Å²) in [5, 5.41) is 2.87. The van der Waals surface area contributed by atoms with Crippen molar-refractivity contribution in [2.45, 2.75) is 50.3 Å². The van der Waals surface area contributed by atoms with Gasteiger partial charge in [-0.1, -0.05) is 38.5 Å². The normalized spacial score (nSPS) is 11.9. The quantitative estimate of drug-likeness (QED) is 0.129. The lowest BCUT2D eigenvalue weighted by Gasteiger charge is -2.10. The third-order valence-electron chi connectivity index (χ3n) is 6.52. The summed E-state index contributed by atoms with van der Waals surface area (Å²) in [6.07, 6.45) is 9.87. The maximum atomic E-state index is 12.9. The zero-order valence-corrected chi connectivity index (χ0v) is 24.7. The summed E-state index contributed by atoms with van der Waals surface area (Å²) >= 11 is 0. The predicted octanol–water partition coefficient (Wildman–Crippen LogP) is 7.11. The molecule has 0 unspecified atom stereocenters. The molecular formula is C33H37N3O4S. The zero-order chi connectivity index (χ0) is 29.0. The highest BCUT2D eigenvalue weighted by atomic mass is 32.2. The molecule has 0 bridgehead atoms. The Bertz CT molecular complexity index is 1480. The fourth-order valence-electron chi connectivity index (χ4n) is 4.29. The number of benzene rings is 3. The topological polar surface area (TPSA) is 82.4 Å². The van der Waals surface area contributed by atoms with E-state index in [1.54, 1.807) is 50.0 Å². The van der Waals surface area contributed by atoms with E-state index in [9.17, 15) is 9.00 Å². The number of rotatable bonds is 14. The van der Waals surface area contributed by atoms with Crippen LogP contribution in [0.3, 0.4) is 0 Å². The molecular weight excluding hydrogens is 534 g/mol. The summed E-state index contributed by atoms with van der Waals surface area (Å²) in [5.74, 6) is 1.64. The Labute approximate surface area is 244 Å². The van der Waals surface area contributed by atoms with Crippen LogP contribution in [0.1, 0.15) is 44.4 Å². The van der Waals surface area contributed by atoms with E-state index >= 15 is 0 Å². The van der Waals surface area contributed by atoms with Crippen LogP contribution < -0.4 is 14.8 Å². The van der Waals surface area contributed by atoms with Gasteiger partial charge in [-0.15, -0.1) is 0 Å². The number of methoxy groups -OCH3 is 1. The smallest absolute Gasteiger partial charge is 0.248 e. The molecule has 1 heterocycles. The zero-order valence-electron chi connectivity index (χ0n) is 23.8. The second kappa shape index (κ2) is 15.0. The molecule has 1 aromatic heterocycles. The maximum absolute atomic E-state index is 12.9. The van der Waals surface area contributed by atoms with Crippen molar-refractivity contribution in [1.82, 2.24) is 9.55 Å². The molecule has 0 aliphatic rings. The molecule has 0 radical (unpaired) electrons. The minimum absolute atomic E-state index is 0.275. The van der Waals surface area contributed by atoms with E-state index in [2.05, 4.69) is 24.1 Å². The number of unbranched alkanes of at least 4 members (excludes halogenated alkanes) is 1. The first kappa shape index (κ1) is 29.8. The standard InChI is InChI=1S/C33H37N3O4S/c1-4-6-20-40-30-13-7-25(8-14-30)26-9-17-32(39-3)27(21-26)10-18-33(37)35-28-11-15-31(16-12-28)41(38)23-29-22-34-24-36(29)19-5-2/h7-18,21-22,24H,4-6,19-20,23H2,1-3H3,(H,35,37)/b18-10+/t41-/m1/s1. The molecule has 3 aromatic carbocycles. The van der Waals surface area contributed by atoms with Gasteiger partial charge in [-0.25, -0.2) is 4.98 Å². The van der Waals surface area contributed by atoms with Crippen molar-refractivity contribution >= 4 is 28.5 Å². The number of hydrogen-bond donors (Lipinski definition) is 1. The number of aromatic nitrogens is 2. The lowest BCUT2D eigenvalue weighted by molar-refractivity contribution is -0.111. The summed E-state index contributed by atoms with van der Waals surface area (Å²) in [7, 11) is 0.399. The number of hydrogen-bond acceptors (Lipinski definition) is 5. The molecule has 4 rings (SSSR count). The van der Waals surface area contributed by atoms with E-state index in [1.165, 1.54) is 6.08 Å². The molecule has 0 aliphatic carbocycles. The lowest BCUT2D eigenvalue weighted by atomic mass is 10.0. The minimum atomic E-state index is -1.21. The van der Waals surface area contributed by atoms with Crippen molar-refractivity contribution < 1.29 is 18.5 Å². The fourth-order valence-corrected chi connectivity index (χ4v) is 5.41. The Kier molecular flexibility index (Phi) is 10.9. The molecule has 1 N–H and O–H groups in total. The maximum Gasteiger partial charge on any atom is 0.248 e. The summed E-state index contributed by atoms with van der Waals surface area (Å²) in [6, 6.07) is 21.0. The Hall–Kier alpha value is -4.17. The SMILES string of the molecule is CCCCOc1ccc(-c2ccc(OC)c(/C=C/C(=O)Nc3ccc([S@](=O)Cc4cncn4CCC)cc3)c2)cc1. The van der Waals surface area contributed by atoms with Gasteiger partial charge in [-0.05, 0) is 78.6 Å². The molecule has 0 aliphatic heterocycles. The summed E-state index contributed by atoms with van der Waals surface area (Å²) in [5.41, 5.74) is 4.41. The number of anilines is 1. The number of ether oxygens (including phenoxy) is 2. The van der Waals surface area contributed by atoms with E-state index in [1.807, 2.05) is 47.0 Å². The largest absolute Gasteiger partial charge is 0.496 e. The molecule has 7 nitrogen and oxygen atoms in total. The van der Waals surface area contributed by atoms with E-state index in [4.69, 9.17) is 9.47 Å². The van der Waals surface area contributed by atoms with Crippen LogP contribution in [0.25, 0.3) is 17.2 Å².